The molecule has 0 aliphatic carbocycles. The van der Waals surface area contributed by atoms with E-state index in [0.29, 0.717) is 21.8 Å². The molecule has 164 valence electrons. The first-order valence-corrected chi connectivity index (χ1v) is 11.1. The number of aryl methyl sites for hydroxylation is 1. The van der Waals surface area contributed by atoms with Crippen molar-refractivity contribution in [2.45, 2.75) is 33.5 Å². The van der Waals surface area contributed by atoms with Gasteiger partial charge in [-0.2, -0.15) is 0 Å². The van der Waals surface area contributed by atoms with Crippen LogP contribution in [0.25, 0.3) is 10.2 Å². The number of fused-ring (bicyclic) bond motifs is 1. The van der Waals surface area contributed by atoms with Gasteiger partial charge in [0.05, 0.1) is 10.2 Å². The lowest BCUT2D eigenvalue weighted by atomic mass is 10.1. The Hall–Kier alpha value is -2.68. The van der Waals surface area contributed by atoms with Crippen LogP contribution in [0.1, 0.15) is 33.3 Å². The highest BCUT2D eigenvalue weighted by molar-refractivity contribution is 7.19. The Balaban J connectivity index is 2.01. The second-order valence-corrected chi connectivity index (χ2v) is 8.98. The Labute approximate surface area is 189 Å². The van der Waals surface area contributed by atoms with E-state index in [-0.39, 0.29) is 24.1 Å². The number of carbonyl (C=O) groups is 2. The van der Waals surface area contributed by atoms with E-state index < -0.39 is 11.8 Å². The van der Waals surface area contributed by atoms with E-state index in [1.165, 1.54) is 17.5 Å². The van der Waals surface area contributed by atoms with Crippen molar-refractivity contribution in [1.82, 2.24) is 14.8 Å². The van der Waals surface area contributed by atoms with Gasteiger partial charge in [-0.05, 0) is 43.8 Å². The third kappa shape index (κ3) is 5.15. The van der Waals surface area contributed by atoms with Crippen molar-refractivity contribution in [1.29, 1.82) is 0 Å². The number of carbonyl (C=O) groups excluding carboxylic acids is 2. The predicted molar refractivity (Wildman–Crippen MR) is 125 cm³/mol. The number of benzene rings is 1. The second-order valence-electron chi connectivity index (χ2n) is 7.43. The highest BCUT2D eigenvalue weighted by atomic mass is 35.5. The van der Waals surface area contributed by atoms with Gasteiger partial charge in [0.1, 0.15) is 12.1 Å². The number of amides is 2. The number of thiophene rings is 1. The fourth-order valence-electron chi connectivity index (χ4n) is 3.29. The Morgan fingerprint density at radius 3 is 2.55 bits per heavy atom. The average molecular weight is 461 g/mol. The first kappa shape index (κ1) is 23.0. The highest BCUT2D eigenvalue weighted by Gasteiger charge is 2.21. The number of nitrogens with two attached hydrogens (primary N) is 1. The minimum Gasteiger partial charge on any atom is -0.368 e. The van der Waals surface area contributed by atoms with Crippen LogP contribution in [0.3, 0.4) is 0 Å². The van der Waals surface area contributed by atoms with Gasteiger partial charge in [0, 0.05) is 29.2 Å². The lowest BCUT2D eigenvalue weighted by Crippen LogP contribution is -2.30. The quantitative estimate of drug-likeness (QED) is 0.540. The number of pyridine rings is 1. The van der Waals surface area contributed by atoms with E-state index >= 15 is 0 Å². The number of halogens is 1. The van der Waals surface area contributed by atoms with Gasteiger partial charge >= 0.3 is 0 Å². The zero-order valence-corrected chi connectivity index (χ0v) is 19.3. The van der Waals surface area contributed by atoms with Crippen molar-refractivity contribution < 1.29 is 9.59 Å². The van der Waals surface area contributed by atoms with E-state index in [1.54, 1.807) is 28.8 Å². The molecule has 3 N–H and O–H groups in total. The van der Waals surface area contributed by atoms with Gasteiger partial charge in [0.15, 0.2) is 0 Å². The summed E-state index contributed by atoms with van der Waals surface area (Å²) < 4.78 is 2.06. The topological polar surface area (TPSA) is 97.4 Å². The number of hydrogen-bond donors (Lipinski definition) is 2. The van der Waals surface area contributed by atoms with Crippen LogP contribution in [-0.2, 0) is 24.4 Å². The molecular formula is C22H25ClN4O3S. The fraction of sp³-hybridized carbons (Fsp3) is 0.318. The van der Waals surface area contributed by atoms with Gasteiger partial charge in [-0.1, -0.05) is 30.7 Å². The smallest absolute Gasteiger partial charge is 0.257 e. The monoisotopic (exact) mass is 460 g/mol. The van der Waals surface area contributed by atoms with Crippen LogP contribution in [0.5, 0.6) is 0 Å². The molecule has 31 heavy (non-hydrogen) atoms. The average Bonchev–Trinajstić information content (AvgIpc) is 3.05. The molecule has 9 heteroatoms. The fourth-order valence-corrected chi connectivity index (χ4v) is 4.77. The molecule has 0 saturated carbocycles. The van der Waals surface area contributed by atoms with E-state index in [2.05, 4.69) is 17.1 Å². The van der Waals surface area contributed by atoms with Crippen LogP contribution < -0.4 is 16.5 Å². The first-order valence-electron chi connectivity index (χ1n) is 9.86. The van der Waals surface area contributed by atoms with Crippen molar-refractivity contribution in [3.05, 3.63) is 67.3 Å². The SMILES string of the molecule is CCN(C)Cc1sc2c(=O)c(C(=O)NCc3ccc(Cl)cc3)cn(CC(N)=O)c2c1C. The Kier molecular flexibility index (Phi) is 7.15. The molecule has 0 unspecified atom stereocenters. The summed E-state index contributed by atoms with van der Waals surface area (Å²) in [7, 11) is 2.00. The van der Waals surface area contributed by atoms with Crippen LogP contribution in [0, 0.1) is 6.92 Å². The Morgan fingerprint density at radius 2 is 1.94 bits per heavy atom. The van der Waals surface area contributed by atoms with E-state index in [1.807, 2.05) is 14.0 Å². The maximum atomic E-state index is 13.2. The van der Waals surface area contributed by atoms with Crippen LogP contribution in [0.2, 0.25) is 5.02 Å². The molecular weight excluding hydrogens is 436 g/mol. The molecule has 7 nitrogen and oxygen atoms in total. The summed E-state index contributed by atoms with van der Waals surface area (Å²) in [6.45, 7) is 5.65. The van der Waals surface area contributed by atoms with Crippen molar-refractivity contribution in [2.24, 2.45) is 5.73 Å². The van der Waals surface area contributed by atoms with Crippen LogP contribution in [0.15, 0.2) is 35.3 Å². The molecule has 1 aromatic carbocycles. The molecule has 0 aliphatic heterocycles. The van der Waals surface area contributed by atoms with Gasteiger partial charge < -0.3 is 20.5 Å². The first-order chi connectivity index (χ1) is 14.7. The number of nitrogens with one attached hydrogen (secondary N) is 1. The van der Waals surface area contributed by atoms with Crippen molar-refractivity contribution in [2.75, 3.05) is 13.6 Å². The van der Waals surface area contributed by atoms with E-state index in [4.69, 9.17) is 17.3 Å². The number of rotatable bonds is 8. The largest absolute Gasteiger partial charge is 0.368 e. The predicted octanol–water partition coefficient (Wildman–Crippen LogP) is 2.89. The summed E-state index contributed by atoms with van der Waals surface area (Å²) in [6.07, 6.45) is 1.43. The Bertz CT molecular complexity index is 1180. The standard InChI is InChI=1S/C22H25ClN4O3S/c1-4-26(3)11-17-13(2)19-21(31-17)20(29)16(10-27(19)12-18(24)28)22(30)25-9-14-5-7-15(23)8-6-14/h5-8,10H,4,9,11-12H2,1-3H3,(H2,24,28)(H,25,30). The number of aromatic nitrogens is 1. The van der Waals surface area contributed by atoms with Crippen molar-refractivity contribution in [3.8, 4) is 0 Å². The summed E-state index contributed by atoms with van der Waals surface area (Å²) in [5.74, 6) is -1.05. The van der Waals surface area contributed by atoms with Crippen LogP contribution in [-0.4, -0.2) is 34.9 Å². The maximum Gasteiger partial charge on any atom is 0.257 e. The van der Waals surface area contributed by atoms with Gasteiger partial charge in [0.25, 0.3) is 5.91 Å². The number of hydrogen-bond acceptors (Lipinski definition) is 5. The third-order valence-corrected chi connectivity index (χ3v) is 6.64. The van der Waals surface area contributed by atoms with E-state index in [9.17, 15) is 14.4 Å². The molecule has 2 heterocycles. The molecule has 0 bridgehead atoms. The number of primary amides is 1. The van der Waals surface area contributed by atoms with Gasteiger partial charge in [0.2, 0.25) is 11.3 Å². The second kappa shape index (κ2) is 9.64. The van der Waals surface area contributed by atoms with Gasteiger partial charge in [-0.25, -0.2) is 0 Å². The molecule has 0 spiro atoms. The summed E-state index contributed by atoms with van der Waals surface area (Å²) in [4.78, 5) is 40.8. The molecule has 0 radical (unpaired) electrons. The zero-order chi connectivity index (χ0) is 22.7. The summed E-state index contributed by atoms with van der Waals surface area (Å²) in [5, 5.41) is 3.37. The van der Waals surface area contributed by atoms with Crippen molar-refractivity contribution >= 4 is 45.0 Å². The van der Waals surface area contributed by atoms with Crippen molar-refractivity contribution in [3.63, 3.8) is 0 Å². The minimum atomic E-state index is -0.546. The molecule has 0 saturated heterocycles. The molecule has 2 aromatic heterocycles. The minimum absolute atomic E-state index is 0.0145. The molecule has 0 fully saturated rings. The third-order valence-electron chi connectivity index (χ3n) is 5.13. The highest BCUT2D eigenvalue weighted by Crippen LogP contribution is 2.30. The zero-order valence-electron chi connectivity index (χ0n) is 17.7. The maximum absolute atomic E-state index is 13.2. The Morgan fingerprint density at radius 1 is 1.26 bits per heavy atom. The molecule has 0 aliphatic rings. The normalized spacial score (nSPS) is 11.3. The summed E-state index contributed by atoms with van der Waals surface area (Å²) in [5.41, 5.74) is 7.51. The molecule has 0 atom stereocenters. The van der Waals surface area contributed by atoms with Crippen LogP contribution >= 0.6 is 22.9 Å². The lowest BCUT2D eigenvalue weighted by molar-refractivity contribution is -0.118. The molecule has 3 rings (SSSR count). The molecule has 2 amide bonds. The number of nitrogens with zero attached hydrogens (tertiary/aromatic N) is 2. The summed E-state index contributed by atoms with van der Waals surface area (Å²) in [6, 6.07) is 7.07. The molecule has 3 aromatic rings. The van der Waals surface area contributed by atoms with E-state index in [0.717, 1.165) is 22.5 Å². The lowest BCUT2D eigenvalue weighted by Gasteiger charge is -2.13. The van der Waals surface area contributed by atoms with Gasteiger partial charge in [-0.3, -0.25) is 14.4 Å². The van der Waals surface area contributed by atoms with Crippen LogP contribution in [0.4, 0.5) is 0 Å². The summed E-state index contributed by atoms with van der Waals surface area (Å²) >= 11 is 7.25. The van der Waals surface area contributed by atoms with Gasteiger partial charge in [-0.15, -0.1) is 11.3 Å².